The molecule has 0 aliphatic carbocycles. The molecule has 160 valence electrons. The molecule has 0 saturated carbocycles. The lowest BCUT2D eigenvalue weighted by Gasteiger charge is -2.08. The number of rotatable bonds is 7. The Balaban J connectivity index is 1.47. The highest BCUT2D eigenvalue weighted by Gasteiger charge is 2.08. The average molecular weight is 466 g/mol. The van der Waals surface area contributed by atoms with Gasteiger partial charge in [0, 0.05) is 17.7 Å². The molecule has 0 aliphatic rings. The van der Waals surface area contributed by atoms with Crippen molar-refractivity contribution in [2.75, 3.05) is 0 Å². The van der Waals surface area contributed by atoms with Crippen molar-refractivity contribution in [2.45, 2.75) is 6.61 Å². The molecular weight excluding hydrogens is 450 g/mol. The van der Waals surface area contributed by atoms with Crippen LogP contribution < -0.4 is 4.74 Å². The predicted octanol–water partition coefficient (Wildman–Crippen LogP) is 5.63. The van der Waals surface area contributed by atoms with Crippen LogP contribution in [0.25, 0.3) is 11.4 Å². The molecular formula is C22H16ClN5O3S. The Kier molecular flexibility index (Phi) is 6.39. The van der Waals surface area contributed by atoms with Crippen molar-refractivity contribution >= 4 is 35.7 Å². The number of nitrogens with zero attached hydrogens (tertiary/aromatic N) is 4. The maximum absolute atomic E-state index is 10.7. The van der Waals surface area contributed by atoms with Crippen LogP contribution in [0.3, 0.4) is 0 Å². The number of hydrogen-bond acceptors (Lipinski definition) is 6. The summed E-state index contributed by atoms with van der Waals surface area (Å²) in [6.45, 7) is 0.232. The van der Waals surface area contributed by atoms with Crippen molar-refractivity contribution in [3.8, 4) is 17.1 Å². The Bertz CT molecular complexity index is 1330. The van der Waals surface area contributed by atoms with E-state index in [0.29, 0.717) is 21.4 Å². The van der Waals surface area contributed by atoms with Crippen molar-refractivity contribution in [3.63, 3.8) is 0 Å². The minimum atomic E-state index is -0.443. The van der Waals surface area contributed by atoms with Gasteiger partial charge in [-0.05, 0) is 53.7 Å². The molecule has 0 fully saturated rings. The molecule has 1 aromatic heterocycles. The lowest BCUT2D eigenvalue weighted by Crippen LogP contribution is -1.98. The van der Waals surface area contributed by atoms with Gasteiger partial charge in [0.15, 0.2) is 5.82 Å². The number of nitrogens with one attached hydrogen (secondary N) is 1. The van der Waals surface area contributed by atoms with Crippen LogP contribution in [-0.2, 0) is 6.61 Å². The molecule has 32 heavy (non-hydrogen) atoms. The fraction of sp³-hybridized carbons (Fsp3) is 0.0455. The van der Waals surface area contributed by atoms with Crippen molar-refractivity contribution in [3.05, 3.63) is 104 Å². The van der Waals surface area contributed by atoms with Gasteiger partial charge in [0.05, 0.1) is 16.2 Å². The van der Waals surface area contributed by atoms with Crippen molar-refractivity contribution in [1.29, 1.82) is 0 Å². The minimum absolute atomic E-state index is 0.0311. The second-order valence-electron chi connectivity index (χ2n) is 6.68. The topological polar surface area (TPSA) is 98.3 Å². The number of nitro benzene ring substituents is 1. The van der Waals surface area contributed by atoms with E-state index in [2.05, 4.69) is 15.3 Å². The molecule has 0 atom stereocenters. The molecule has 4 aromatic rings. The van der Waals surface area contributed by atoms with Crippen LogP contribution in [0.2, 0.25) is 5.02 Å². The first-order chi connectivity index (χ1) is 15.5. The van der Waals surface area contributed by atoms with Crippen LogP contribution in [-0.4, -0.2) is 26.0 Å². The summed E-state index contributed by atoms with van der Waals surface area (Å²) in [5.41, 5.74) is 2.45. The molecule has 0 aliphatic heterocycles. The third-order valence-electron chi connectivity index (χ3n) is 4.50. The van der Waals surface area contributed by atoms with Gasteiger partial charge >= 0.3 is 0 Å². The van der Waals surface area contributed by atoms with E-state index >= 15 is 0 Å². The summed E-state index contributed by atoms with van der Waals surface area (Å²) >= 11 is 11.6. The van der Waals surface area contributed by atoms with Crippen LogP contribution in [0.15, 0.2) is 77.9 Å². The maximum atomic E-state index is 10.7. The number of benzene rings is 3. The highest BCUT2D eigenvalue weighted by Crippen LogP contribution is 2.26. The van der Waals surface area contributed by atoms with E-state index in [-0.39, 0.29) is 12.3 Å². The van der Waals surface area contributed by atoms with Gasteiger partial charge in [0.25, 0.3) is 5.69 Å². The van der Waals surface area contributed by atoms with E-state index < -0.39 is 4.92 Å². The number of halogens is 1. The SMILES string of the molecule is O=[N+]([O-])c1ccc(COc2ccc(/C=N/n3c(-c4ccccc4)n[nH]c3=S)cc2Cl)cc1. The summed E-state index contributed by atoms with van der Waals surface area (Å²) in [5.74, 6) is 1.09. The van der Waals surface area contributed by atoms with Crippen molar-refractivity contribution in [2.24, 2.45) is 5.10 Å². The zero-order chi connectivity index (χ0) is 22.5. The Morgan fingerprint density at radius 1 is 1.16 bits per heavy atom. The maximum Gasteiger partial charge on any atom is 0.269 e. The molecule has 0 radical (unpaired) electrons. The van der Waals surface area contributed by atoms with Gasteiger partial charge in [-0.15, -0.1) is 0 Å². The van der Waals surface area contributed by atoms with E-state index in [4.69, 9.17) is 28.6 Å². The van der Waals surface area contributed by atoms with Crippen molar-refractivity contribution in [1.82, 2.24) is 14.9 Å². The van der Waals surface area contributed by atoms with Crippen LogP contribution in [0, 0.1) is 14.9 Å². The summed E-state index contributed by atoms with van der Waals surface area (Å²) < 4.78 is 7.65. The normalized spacial score (nSPS) is 11.0. The lowest BCUT2D eigenvalue weighted by atomic mass is 10.2. The quantitative estimate of drug-likeness (QED) is 0.165. The van der Waals surface area contributed by atoms with Gasteiger partial charge in [-0.1, -0.05) is 41.9 Å². The highest BCUT2D eigenvalue weighted by molar-refractivity contribution is 7.71. The Hall–Kier alpha value is -3.82. The van der Waals surface area contributed by atoms with Gasteiger partial charge in [0.1, 0.15) is 12.4 Å². The standard InChI is InChI=1S/C22H16ClN5O3S/c23-19-12-16(8-11-20(19)31-14-15-6-9-18(10-7-15)28(29)30)13-24-27-21(25-26-22(27)32)17-4-2-1-3-5-17/h1-13H,14H2,(H,26,32)/b24-13+. The molecule has 3 aromatic carbocycles. The van der Waals surface area contributed by atoms with Crippen LogP contribution >= 0.6 is 23.8 Å². The number of non-ortho nitro benzene ring substituents is 1. The average Bonchev–Trinajstić information content (AvgIpc) is 3.18. The Morgan fingerprint density at radius 2 is 1.91 bits per heavy atom. The molecule has 4 rings (SSSR count). The highest BCUT2D eigenvalue weighted by atomic mass is 35.5. The zero-order valence-electron chi connectivity index (χ0n) is 16.5. The Morgan fingerprint density at radius 3 is 2.59 bits per heavy atom. The third-order valence-corrected chi connectivity index (χ3v) is 5.06. The van der Waals surface area contributed by atoms with Crippen LogP contribution in [0.1, 0.15) is 11.1 Å². The van der Waals surface area contributed by atoms with Crippen molar-refractivity contribution < 1.29 is 9.66 Å². The number of H-pyrrole nitrogens is 1. The summed E-state index contributed by atoms with van der Waals surface area (Å²) in [5, 5.41) is 22.6. The van der Waals surface area contributed by atoms with E-state index in [1.165, 1.54) is 16.8 Å². The molecule has 10 heteroatoms. The van der Waals surface area contributed by atoms with Gasteiger partial charge < -0.3 is 4.74 Å². The van der Waals surface area contributed by atoms with Crippen LogP contribution in [0.5, 0.6) is 5.75 Å². The van der Waals surface area contributed by atoms with E-state index in [0.717, 1.165) is 16.7 Å². The molecule has 0 bridgehead atoms. The molecule has 1 N–H and O–H groups in total. The second kappa shape index (κ2) is 9.54. The van der Waals surface area contributed by atoms with E-state index in [1.807, 2.05) is 36.4 Å². The Labute approximate surface area is 192 Å². The van der Waals surface area contributed by atoms with Gasteiger partial charge in [0.2, 0.25) is 4.77 Å². The van der Waals surface area contributed by atoms with Gasteiger partial charge in [-0.3, -0.25) is 10.1 Å². The molecule has 0 spiro atoms. The molecule has 0 amide bonds. The smallest absolute Gasteiger partial charge is 0.269 e. The number of aromatic amines is 1. The fourth-order valence-corrected chi connectivity index (χ4v) is 3.31. The monoisotopic (exact) mass is 465 g/mol. The molecule has 0 saturated heterocycles. The third kappa shape index (κ3) is 4.90. The second-order valence-corrected chi connectivity index (χ2v) is 7.47. The summed E-state index contributed by atoms with van der Waals surface area (Å²) in [6, 6.07) is 21.0. The summed E-state index contributed by atoms with van der Waals surface area (Å²) in [4.78, 5) is 10.3. The number of aromatic nitrogens is 3. The van der Waals surface area contributed by atoms with Gasteiger partial charge in [-0.2, -0.15) is 14.9 Å². The largest absolute Gasteiger partial charge is 0.487 e. The van der Waals surface area contributed by atoms with E-state index in [9.17, 15) is 10.1 Å². The fourth-order valence-electron chi connectivity index (χ4n) is 2.89. The number of ether oxygens (including phenoxy) is 1. The lowest BCUT2D eigenvalue weighted by molar-refractivity contribution is -0.384. The van der Waals surface area contributed by atoms with Gasteiger partial charge in [-0.25, -0.2) is 5.10 Å². The predicted molar refractivity (Wildman–Crippen MR) is 125 cm³/mol. The first-order valence-corrected chi connectivity index (χ1v) is 10.2. The first-order valence-electron chi connectivity index (χ1n) is 9.44. The number of hydrogen-bond donors (Lipinski definition) is 1. The minimum Gasteiger partial charge on any atom is -0.487 e. The summed E-state index contributed by atoms with van der Waals surface area (Å²) in [6.07, 6.45) is 1.63. The number of nitro groups is 1. The molecule has 8 nitrogen and oxygen atoms in total. The molecule has 1 heterocycles. The summed E-state index contributed by atoms with van der Waals surface area (Å²) in [7, 11) is 0. The first kappa shape index (κ1) is 21.4. The van der Waals surface area contributed by atoms with Crippen LogP contribution in [0.4, 0.5) is 5.69 Å². The zero-order valence-corrected chi connectivity index (χ0v) is 18.1. The van der Waals surface area contributed by atoms with E-state index in [1.54, 1.807) is 30.5 Å². The molecule has 0 unspecified atom stereocenters.